The number of benzene rings is 2. The first-order valence-electron chi connectivity index (χ1n) is 10.3. The van der Waals surface area contributed by atoms with Crippen LogP contribution in [0.3, 0.4) is 0 Å². The van der Waals surface area contributed by atoms with Gasteiger partial charge in [0.1, 0.15) is 17.7 Å². The van der Waals surface area contributed by atoms with Gasteiger partial charge in [-0.05, 0) is 44.4 Å². The van der Waals surface area contributed by atoms with E-state index in [1.165, 1.54) is 0 Å². The van der Waals surface area contributed by atoms with E-state index in [0.717, 1.165) is 38.0 Å². The SMILES string of the molecule is CCN1c2cc(C(=O)Nc3cc(OC)cc(OC)c3)ccc2C(=O)N2CCCC[C@H]21. The number of carbonyl (C=O) groups is 2. The third-order valence-electron chi connectivity index (χ3n) is 5.84. The van der Waals surface area contributed by atoms with Gasteiger partial charge in [-0.2, -0.15) is 0 Å². The first-order chi connectivity index (χ1) is 14.5. The second-order valence-electron chi connectivity index (χ2n) is 7.55. The van der Waals surface area contributed by atoms with Gasteiger partial charge in [0.25, 0.3) is 11.8 Å². The van der Waals surface area contributed by atoms with Gasteiger partial charge < -0.3 is 24.6 Å². The number of anilines is 2. The van der Waals surface area contributed by atoms with E-state index < -0.39 is 0 Å². The van der Waals surface area contributed by atoms with Crippen LogP contribution in [-0.2, 0) is 0 Å². The molecule has 1 fully saturated rings. The van der Waals surface area contributed by atoms with Crippen LogP contribution in [0.4, 0.5) is 11.4 Å². The molecule has 158 valence electrons. The number of nitrogens with one attached hydrogen (secondary N) is 1. The predicted octanol–water partition coefficient (Wildman–Crippen LogP) is 3.75. The highest BCUT2D eigenvalue weighted by atomic mass is 16.5. The Hall–Kier alpha value is -3.22. The van der Waals surface area contributed by atoms with Gasteiger partial charge in [0.2, 0.25) is 0 Å². The van der Waals surface area contributed by atoms with E-state index in [4.69, 9.17) is 9.47 Å². The Morgan fingerprint density at radius 1 is 1.10 bits per heavy atom. The Kier molecular flexibility index (Phi) is 5.53. The molecule has 0 aromatic heterocycles. The molecule has 1 saturated heterocycles. The normalized spacial score (nSPS) is 17.8. The van der Waals surface area contributed by atoms with Crippen LogP contribution in [0.15, 0.2) is 36.4 Å². The van der Waals surface area contributed by atoms with Crippen molar-refractivity contribution in [3.8, 4) is 11.5 Å². The van der Waals surface area contributed by atoms with Crippen molar-refractivity contribution in [2.45, 2.75) is 32.4 Å². The molecule has 2 aliphatic rings. The van der Waals surface area contributed by atoms with Crippen LogP contribution in [0, 0.1) is 0 Å². The van der Waals surface area contributed by atoms with Crippen LogP contribution in [0.25, 0.3) is 0 Å². The van der Waals surface area contributed by atoms with Gasteiger partial charge in [0.05, 0.1) is 25.5 Å². The van der Waals surface area contributed by atoms with Gasteiger partial charge in [0, 0.05) is 42.5 Å². The average molecular weight is 409 g/mol. The molecule has 0 unspecified atom stereocenters. The van der Waals surface area contributed by atoms with Gasteiger partial charge in [-0.3, -0.25) is 9.59 Å². The molecule has 0 aliphatic carbocycles. The molecule has 2 amide bonds. The number of hydrogen-bond donors (Lipinski definition) is 1. The topological polar surface area (TPSA) is 71.1 Å². The number of fused-ring (bicyclic) bond motifs is 2. The molecule has 30 heavy (non-hydrogen) atoms. The molecule has 2 aromatic carbocycles. The average Bonchev–Trinajstić information content (AvgIpc) is 2.78. The minimum absolute atomic E-state index is 0.0592. The second-order valence-corrected chi connectivity index (χ2v) is 7.55. The number of amides is 2. The van der Waals surface area contributed by atoms with Gasteiger partial charge in [-0.1, -0.05) is 0 Å². The quantitative estimate of drug-likeness (QED) is 0.814. The summed E-state index contributed by atoms with van der Waals surface area (Å²) in [5.74, 6) is 0.997. The lowest BCUT2D eigenvalue weighted by atomic mass is 9.97. The molecule has 2 heterocycles. The standard InChI is InChI=1S/C23H27N3O4/c1-4-25-20-11-15(8-9-19(20)23(28)26-10-6-5-7-21(25)26)22(27)24-16-12-17(29-2)14-18(13-16)30-3/h8-9,11-14,21H,4-7,10H2,1-3H3,(H,24,27)/t21-/m0/s1. The van der Waals surface area contributed by atoms with Crippen molar-refractivity contribution < 1.29 is 19.1 Å². The van der Waals surface area contributed by atoms with Crippen LogP contribution in [0.2, 0.25) is 0 Å². The fourth-order valence-electron chi connectivity index (χ4n) is 4.35. The summed E-state index contributed by atoms with van der Waals surface area (Å²) in [5, 5.41) is 2.90. The molecule has 2 aromatic rings. The smallest absolute Gasteiger partial charge is 0.257 e. The molecular weight excluding hydrogens is 382 g/mol. The van der Waals surface area contributed by atoms with Crippen molar-refractivity contribution in [1.82, 2.24) is 4.90 Å². The number of ether oxygens (including phenoxy) is 2. The predicted molar refractivity (Wildman–Crippen MR) is 116 cm³/mol. The molecule has 0 saturated carbocycles. The van der Waals surface area contributed by atoms with Gasteiger partial charge in [-0.15, -0.1) is 0 Å². The van der Waals surface area contributed by atoms with E-state index in [1.807, 2.05) is 11.0 Å². The molecule has 4 rings (SSSR count). The van der Waals surface area contributed by atoms with Crippen LogP contribution in [-0.4, -0.2) is 50.2 Å². The molecule has 7 nitrogen and oxygen atoms in total. The van der Waals surface area contributed by atoms with Crippen molar-refractivity contribution in [3.63, 3.8) is 0 Å². The number of nitrogens with zero attached hydrogens (tertiary/aromatic N) is 2. The van der Waals surface area contributed by atoms with E-state index in [1.54, 1.807) is 44.6 Å². The highest BCUT2D eigenvalue weighted by Gasteiger charge is 2.38. The van der Waals surface area contributed by atoms with Crippen molar-refractivity contribution in [2.75, 3.05) is 37.5 Å². The number of methoxy groups -OCH3 is 2. The zero-order chi connectivity index (χ0) is 21.3. The molecule has 0 bridgehead atoms. The highest BCUT2D eigenvalue weighted by molar-refractivity contribution is 6.08. The lowest BCUT2D eigenvalue weighted by Crippen LogP contribution is -2.57. The molecule has 7 heteroatoms. The highest BCUT2D eigenvalue weighted by Crippen LogP contribution is 2.36. The number of hydrogen-bond acceptors (Lipinski definition) is 5. The molecular formula is C23H27N3O4. The summed E-state index contributed by atoms with van der Waals surface area (Å²) in [6.07, 6.45) is 3.18. The summed E-state index contributed by atoms with van der Waals surface area (Å²) in [6, 6.07) is 10.5. The third-order valence-corrected chi connectivity index (χ3v) is 5.84. The van der Waals surface area contributed by atoms with E-state index in [-0.39, 0.29) is 18.0 Å². The summed E-state index contributed by atoms with van der Waals surface area (Å²) in [7, 11) is 3.13. The zero-order valence-corrected chi connectivity index (χ0v) is 17.6. The molecule has 2 aliphatic heterocycles. The molecule has 1 N–H and O–H groups in total. The lowest BCUT2D eigenvalue weighted by Gasteiger charge is -2.47. The van der Waals surface area contributed by atoms with Gasteiger partial charge in [-0.25, -0.2) is 0 Å². The van der Waals surface area contributed by atoms with E-state index in [9.17, 15) is 9.59 Å². The monoisotopic (exact) mass is 409 g/mol. The van der Waals surface area contributed by atoms with Crippen LogP contribution in [0.1, 0.15) is 46.9 Å². The number of rotatable bonds is 5. The van der Waals surface area contributed by atoms with Crippen LogP contribution >= 0.6 is 0 Å². The minimum atomic E-state index is -0.248. The summed E-state index contributed by atoms with van der Waals surface area (Å²) in [4.78, 5) is 30.2. The fourth-order valence-corrected chi connectivity index (χ4v) is 4.35. The second kappa shape index (κ2) is 8.26. The van der Waals surface area contributed by atoms with Crippen LogP contribution < -0.4 is 19.7 Å². The number of carbonyl (C=O) groups excluding carboxylic acids is 2. The van der Waals surface area contributed by atoms with Crippen LogP contribution in [0.5, 0.6) is 11.5 Å². The largest absolute Gasteiger partial charge is 0.497 e. The van der Waals surface area contributed by atoms with Crippen molar-refractivity contribution in [2.24, 2.45) is 0 Å². The van der Waals surface area contributed by atoms with Crippen molar-refractivity contribution in [3.05, 3.63) is 47.5 Å². The van der Waals surface area contributed by atoms with E-state index in [0.29, 0.717) is 28.3 Å². The summed E-state index contributed by atoms with van der Waals surface area (Å²) in [6.45, 7) is 3.65. The first-order valence-corrected chi connectivity index (χ1v) is 10.3. The summed E-state index contributed by atoms with van der Waals surface area (Å²) < 4.78 is 10.5. The summed E-state index contributed by atoms with van der Waals surface area (Å²) in [5.41, 5.74) is 2.58. The van der Waals surface area contributed by atoms with E-state index in [2.05, 4.69) is 17.1 Å². The minimum Gasteiger partial charge on any atom is -0.497 e. The summed E-state index contributed by atoms with van der Waals surface area (Å²) >= 11 is 0. The Bertz CT molecular complexity index is 953. The van der Waals surface area contributed by atoms with Gasteiger partial charge >= 0.3 is 0 Å². The maximum absolute atomic E-state index is 13.0. The maximum atomic E-state index is 13.0. The first kappa shape index (κ1) is 20.1. The maximum Gasteiger partial charge on any atom is 0.257 e. The van der Waals surface area contributed by atoms with Crippen molar-refractivity contribution >= 4 is 23.2 Å². The Balaban J connectivity index is 1.64. The van der Waals surface area contributed by atoms with Gasteiger partial charge in [0.15, 0.2) is 0 Å². The fraction of sp³-hybridized carbons (Fsp3) is 0.391. The van der Waals surface area contributed by atoms with Crippen molar-refractivity contribution in [1.29, 1.82) is 0 Å². The third kappa shape index (κ3) is 3.56. The lowest BCUT2D eigenvalue weighted by molar-refractivity contribution is 0.0582. The Morgan fingerprint density at radius 3 is 2.50 bits per heavy atom. The molecule has 0 radical (unpaired) electrons. The zero-order valence-electron chi connectivity index (χ0n) is 17.6. The molecule has 1 atom stereocenters. The van der Waals surface area contributed by atoms with E-state index >= 15 is 0 Å². The Labute approximate surface area is 176 Å². The number of piperidine rings is 1. The Morgan fingerprint density at radius 2 is 1.83 bits per heavy atom. The molecule has 0 spiro atoms.